The highest BCUT2D eigenvalue weighted by molar-refractivity contribution is 5.83. The Kier molecular flexibility index (Phi) is 7.14. The second-order valence-corrected chi connectivity index (χ2v) is 6.84. The van der Waals surface area contributed by atoms with Gasteiger partial charge >= 0.3 is 0 Å². The molecule has 4 N–H and O–H groups in total. The van der Waals surface area contributed by atoms with Crippen LogP contribution >= 0.6 is 0 Å². The van der Waals surface area contributed by atoms with Gasteiger partial charge in [-0.2, -0.15) is 0 Å². The number of carbonyl (C=O) groups excluding carboxylic acids is 1. The normalized spacial score (nSPS) is 22.9. The summed E-state index contributed by atoms with van der Waals surface area (Å²) in [5.74, 6) is 0.379. The predicted octanol–water partition coefficient (Wildman–Crippen LogP) is 2.80. The molecule has 0 spiro atoms. The summed E-state index contributed by atoms with van der Waals surface area (Å²) in [6.07, 6.45) is 9.11. The average molecular weight is 307 g/mol. The van der Waals surface area contributed by atoms with Gasteiger partial charge in [0, 0.05) is 18.2 Å². The Balaban J connectivity index is 2.82. The summed E-state index contributed by atoms with van der Waals surface area (Å²) >= 11 is 0. The van der Waals surface area contributed by atoms with Gasteiger partial charge in [-0.15, -0.1) is 0 Å². The van der Waals surface area contributed by atoms with Crippen molar-refractivity contribution >= 4 is 5.91 Å². The van der Waals surface area contributed by atoms with E-state index in [9.17, 15) is 4.79 Å². The van der Waals surface area contributed by atoms with Crippen LogP contribution in [0.15, 0.2) is 23.9 Å². The molecule has 2 atom stereocenters. The molecule has 1 aliphatic carbocycles. The zero-order valence-corrected chi connectivity index (χ0v) is 14.6. The maximum Gasteiger partial charge on any atom is 0.227 e. The molecule has 1 aliphatic rings. The zero-order valence-electron chi connectivity index (χ0n) is 14.6. The van der Waals surface area contributed by atoms with Crippen LogP contribution in [0.4, 0.5) is 0 Å². The lowest BCUT2D eigenvalue weighted by molar-refractivity contribution is -0.125. The van der Waals surface area contributed by atoms with Gasteiger partial charge in [0.05, 0.1) is 5.41 Å². The third-order valence-electron chi connectivity index (χ3n) is 4.73. The molecule has 0 saturated carbocycles. The quantitative estimate of drug-likeness (QED) is 0.688. The van der Waals surface area contributed by atoms with Crippen molar-refractivity contribution in [3.8, 4) is 0 Å². The van der Waals surface area contributed by atoms with E-state index in [1.807, 2.05) is 18.2 Å². The minimum Gasteiger partial charge on any atom is -0.402 e. The third kappa shape index (κ3) is 4.87. The number of carbonyl (C=O) groups is 1. The molecular weight excluding hydrogens is 274 g/mol. The molecule has 4 nitrogen and oxygen atoms in total. The van der Waals surface area contributed by atoms with Crippen LogP contribution in [0.5, 0.6) is 0 Å². The molecule has 126 valence electrons. The summed E-state index contributed by atoms with van der Waals surface area (Å²) in [5, 5.41) is 0. The number of allylic oxidation sites excluding steroid dienone is 3. The summed E-state index contributed by atoms with van der Waals surface area (Å²) in [4.78, 5) is 14.5. The summed E-state index contributed by atoms with van der Waals surface area (Å²) in [6, 6.07) is 0.492. The van der Waals surface area contributed by atoms with Crippen LogP contribution in [0, 0.1) is 11.3 Å². The lowest BCUT2D eigenvalue weighted by Gasteiger charge is -2.35. The highest BCUT2D eigenvalue weighted by Gasteiger charge is 2.36. The largest absolute Gasteiger partial charge is 0.402 e. The van der Waals surface area contributed by atoms with Crippen LogP contribution in [-0.4, -0.2) is 29.9 Å². The predicted molar refractivity (Wildman–Crippen MR) is 93.1 cm³/mol. The summed E-state index contributed by atoms with van der Waals surface area (Å²) in [5.41, 5.74) is 11.8. The molecule has 0 fully saturated rings. The molecule has 22 heavy (non-hydrogen) atoms. The molecule has 0 aliphatic heterocycles. The van der Waals surface area contributed by atoms with E-state index < -0.39 is 5.41 Å². The van der Waals surface area contributed by atoms with Crippen molar-refractivity contribution in [3.63, 3.8) is 0 Å². The fourth-order valence-electron chi connectivity index (χ4n) is 3.46. The van der Waals surface area contributed by atoms with E-state index in [1.165, 1.54) is 0 Å². The summed E-state index contributed by atoms with van der Waals surface area (Å²) in [6.45, 7) is 11.0. The van der Waals surface area contributed by atoms with Crippen molar-refractivity contribution in [2.75, 3.05) is 13.1 Å². The van der Waals surface area contributed by atoms with Crippen LogP contribution in [0.25, 0.3) is 0 Å². The minimum atomic E-state index is -0.610. The Morgan fingerprint density at radius 1 is 1.36 bits per heavy atom. The van der Waals surface area contributed by atoms with Crippen molar-refractivity contribution in [1.82, 2.24) is 4.90 Å². The smallest absolute Gasteiger partial charge is 0.227 e. The zero-order chi connectivity index (χ0) is 16.8. The molecule has 0 aromatic rings. The fourth-order valence-corrected chi connectivity index (χ4v) is 3.46. The SMILES string of the molecule is CCN(CC)C(CCC1(C(N)=O)C=CC=C(N)C1)CC(C)C. The van der Waals surface area contributed by atoms with Gasteiger partial charge in [0.2, 0.25) is 5.91 Å². The average Bonchev–Trinajstić information content (AvgIpc) is 2.45. The van der Waals surface area contributed by atoms with Crippen molar-refractivity contribution in [2.45, 2.75) is 59.4 Å². The first-order chi connectivity index (χ1) is 10.3. The number of rotatable bonds is 9. The van der Waals surface area contributed by atoms with Gasteiger partial charge in [-0.25, -0.2) is 0 Å². The van der Waals surface area contributed by atoms with Crippen LogP contribution in [0.3, 0.4) is 0 Å². The van der Waals surface area contributed by atoms with Crippen molar-refractivity contribution in [1.29, 1.82) is 0 Å². The van der Waals surface area contributed by atoms with Gasteiger partial charge in [0.15, 0.2) is 0 Å². The first-order valence-corrected chi connectivity index (χ1v) is 8.52. The Hall–Kier alpha value is -1.29. The van der Waals surface area contributed by atoms with Crippen LogP contribution in [0.2, 0.25) is 0 Å². The molecule has 0 aromatic carbocycles. The van der Waals surface area contributed by atoms with E-state index in [0.29, 0.717) is 18.4 Å². The second-order valence-electron chi connectivity index (χ2n) is 6.84. The molecule has 0 saturated heterocycles. The van der Waals surface area contributed by atoms with Gasteiger partial charge in [-0.05, 0) is 44.3 Å². The summed E-state index contributed by atoms with van der Waals surface area (Å²) < 4.78 is 0. The topological polar surface area (TPSA) is 72.3 Å². The van der Waals surface area contributed by atoms with E-state index >= 15 is 0 Å². The molecular formula is C18H33N3O. The first kappa shape index (κ1) is 18.8. The van der Waals surface area contributed by atoms with Crippen LogP contribution in [-0.2, 0) is 4.79 Å². The minimum absolute atomic E-state index is 0.261. The molecule has 0 radical (unpaired) electrons. The van der Waals surface area contributed by atoms with Crippen LogP contribution in [0.1, 0.15) is 53.4 Å². The Bertz CT molecular complexity index is 424. The maximum absolute atomic E-state index is 12.0. The third-order valence-corrected chi connectivity index (χ3v) is 4.73. The van der Waals surface area contributed by atoms with Gasteiger partial charge in [0.1, 0.15) is 0 Å². The van der Waals surface area contributed by atoms with Crippen LogP contribution < -0.4 is 11.5 Å². The van der Waals surface area contributed by atoms with Gasteiger partial charge in [-0.1, -0.05) is 39.8 Å². The number of nitrogens with two attached hydrogens (primary N) is 2. The monoisotopic (exact) mass is 307 g/mol. The Morgan fingerprint density at radius 3 is 2.45 bits per heavy atom. The lowest BCUT2D eigenvalue weighted by atomic mass is 9.74. The standard InChI is InChI=1S/C18H33N3O/c1-5-21(6-2)16(12-14(3)4)9-11-18(17(20)22)10-7-8-15(19)13-18/h7-8,10,14,16H,5-6,9,11-13,19H2,1-4H3,(H2,20,22). The van der Waals surface area contributed by atoms with E-state index in [1.54, 1.807) is 0 Å². The van der Waals surface area contributed by atoms with E-state index in [4.69, 9.17) is 11.5 Å². The molecule has 1 rings (SSSR count). The highest BCUT2D eigenvalue weighted by atomic mass is 16.1. The van der Waals surface area contributed by atoms with E-state index in [-0.39, 0.29) is 5.91 Å². The summed E-state index contributed by atoms with van der Waals surface area (Å²) in [7, 11) is 0. The van der Waals surface area contributed by atoms with Gasteiger partial charge in [-0.3, -0.25) is 4.79 Å². The number of nitrogens with zero attached hydrogens (tertiary/aromatic N) is 1. The van der Waals surface area contributed by atoms with E-state index in [2.05, 4.69) is 32.6 Å². The van der Waals surface area contributed by atoms with Gasteiger partial charge in [0.25, 0.3) is 0 Å². The fraction of sp³-hybridized carbons (Fsp3) is 0.722. The number of hydrogen-bond donors (Lipinski definition) is 2. The van der Waals surface area contributed by atoms with Crippen molar-refractivity contribution < 1.29 is 4.79 Å². The maximum atomic E-state index is 12.0. The number of amides is 1. The Labute approximate surface area is 135 Å². The molecule has 0 heterocycles. The number of primary amides is 1. The molecule has 0 bridgehead atoms. The highest BCUT2D eigenvalue weighted by Crippen LogP contribution is 2.36. The molecule has 1 amide bonds. The lowest BCUT2D eigenvalue weighted by Crippen LogP contribution is -2.41. The number of hydrogen-bond acceptors (Lipinski definition) is 3. The first-order valence-electron chi connectivity index (χ1n) is 8.52. The van der Waals surface area contributed by atoms with E-state index in [0.717, 1.165) is 38.0 Å². The molecule has 2 unspecified atom stereocenters. The second kappa shape index (κ2) is 8.37. The van der Waals surface area contributed by atoms with Gasteiger partial charge < -0.3 is 16.4 Å². The van der Waals surface area contributed by atoms with Crippen molar-refractivity contribution in [3.05, 3.63) is 23.9 Å². The Morgan fingerprint density at radius 2 is 2.00 bits per heavy atom. The molecule has 0 aromatic heterocycles. The molecule has 4 heteroatoms. The van der Waals surface area contributed by atoms with Crippen molar-refractivity contribution in [2.24, 2.45) is 22.8 Å².